The van der Waals surface area contributed by atoms with Crippen molar-refractivity contribution in [2.24, 2.45) is 5.16 Å². The van der Waals surface area contributed by atoms with Crippen molar-refractivity contribution in [2.45, 2.75) is 31.3 Å². The fraction of sp³-hybridized carbons (Fsp3) is 0.393. The lowest BCUT2D eigenvalue weighted by molar-refractivity contribution is 0.00881. The predicted molar refractivity (Wildman–Crippen MR) is 138 cm³/mol. The summed E-state index contributed by atoms with van der Waals surface area (Å²) in [7, 11) is 7.32. The van der Waals surface area contributed by atoms with E-state index in [1.165, 1.54) is 0 Å². The first-order valence-electron chi connectivity index (χ1n) is 11.9. The van der Waals surface area contributed by atoms with Crippen molar-refractivity contribution in [3.8, 4) is 40.8 Å². The summed E-state index contributed by atoms with van der Waals surface area (Å²) in [4.78, 5) is 11.8. The Morgan fingerprint density at radius 1 is 1.06 bits per heavy atom. The lowest BCUT2D eigenvalue weighted by Crippen LogP contribution is -2.24. The van der Waals surface area contributed by atoms with Gasteiger partial charge in [0.25, 0.3) is 0 Å². The Hall–Kier alpha value is -3.63. The molecule has 0 amide bonds. The number of likely N-dealkylation sites (N-methyl/N-ethyl adjacent to an activating group) is 1. The van der Waals surface area contributed by atoms with Crippen LogP contribution in [0.1, 0.15) is 36.8 Å². The number of nitrogens with one attached hydrogen (secondary N) is 1. The van der Waals surface area contributed by atoms with Crippen molar-refractivity contribution < 1.29 is 19.0 Å². The minimum absolute atomic E-state index is 0.606. The van der Waals surface area contributed by atoms with Crippen LogP contribution in [0.4, 0.5) is 0 Å². The number of methoxy groups -OCH3 is 2. The van der Waals surface area contributed by atoms with Gasteiger partial charge in [0, 0.05) is 47.0 Å². The van der Waals surface area contributed by atoms with Crippen LogP contribution in [-0.2, 0) is 4.84 Å². The molecule has 7 nitrogen and oxygen atoms in total. The smallest absolute Gasteiger partial charge is 0.197 e. The molecule has 1 N–H and O–H groups in total. The Morgan fingerprint density at radius 3 is 2.43 bits per heavy atom. The highest BCUT2D eigenvalue weighted by molar-refractivity contribution is 6.30. The number of fused-ring (bicyclic) bond motifs is 5. The van der Waals surface area contributed by atoms with Gasteiger partial charge in [-0.15, -0.1) is 6.42 Å². The molecule has 0 radical (unpaired) electrons. The Morgan fingerprint density at radius 2 is 1.77 bits per heavy atom. The number of H-pyrrole nitrogens is 1. The average molecular weight is 474 g/mol. The fourth-order valence-electron chi connectivity index (χ4n) is 4.91. The van der Waals surface area contributed by atoms with Crippen LogP contribution in [0.2, 0.25) is 0 Å². The van der Waals surface area contributed by atoms with E-state index in [9.17, 15) is 0 Å². The molecule has 1 heterocycles. The van der Waals surface area contributed by atoms with E-state index in [0.29, 0.717) is 18.1 Å². The summed E-state index contributed by atoms with van der Waals surface area (Å²) in [6, 6.07) is 10.0. The van der Waals surface area contributed by atoms with E-state index in [1.807, 2.05) is 38.4 Å². The van der Waals surface area contributed by atoms with E-state index in [1.54, 1.807) is 14.2 Å². The van der Waals surface area contributed by atoms with E-state index in [2.05, 4.69) is 21.9 Å². The summed E-state index contributed by atoms with van der Waals surface area (Å²) >= 11 is 0. The fourth-order valence-corrected chi connectivity index (χ4v) is 4.91. The van der Waals surface area contributed by atoms with Crippen molar-refractivity contribution in [2.75, 3.05) is 41.5 Å². The molecule has 5 rings (SSSR count). The van der Waals surface area contributed by atoms with Crippen LogP contribution in [0.5, 0.6) is 17.2 Å². The summed E-state index contributed by atoms with van der Waals surface area (Å²) in [5.41, 5.74) is 4.89. The molecule has 0 unspecified atom stereocenters. The van der Waals surface area contributed by atoms with Gasteiger partial charge in [-0.25, -0.2) is 0 Å². The molecule has 2 aliphatic rings. The maximum atomic E-state index is 6.14. The van der Waals surface area contributed by atoms with Crippen LogP contribution in [0.15, 0.2) is 35.5 Å². The van der Waals surface area contributed by atoms with E-state index in [0.717, 1.165) is 77.0 Å². The third-order valence-electron chi connectivity index (χ3n) is 6.85. The van der Waals surface area contributed by atoms with Crippen LogP contribution in [0.3, 0.4) is 0 Å². The van der Waals surface area contributed by atoms with E-state index in [-0.39, 0.29) is 0 Å². The number of aromatic amines is 1. The molecule has 0 saturated heterocycles. The Bertz CT molecular complexity index is 1330. The molecule has 0 atom stereocenters. The third kappa shape index (κ3) is 4.08. The van der Waals surface area contributed by atoms with Crippen molar-refractivity contribution in [3.63, 3.8) is 0 Å². The molecular weight excluding hydrogens is 442 g/mol. The van der Waals surface area contributed by atoms with Crippen LogP contribution < -0.4 is 14.2 Å². The van der Waals surface area contributed by atoms with E-state index >= 15 is 0 Å². The lowest BCUT2D eigenvalue weighted by atomic mass is 10.0. The Kier molecular flexibility index (Phi) is 6.08. The summed E-state index contributed by atoms with van der Waals surface area (Å²) in [5, 5.41) is 5.72. The molecule has 0 bridgehead atoms. The monoisotopic (exact) mass is 473 g/mol. The van der Waals surface area contributed by atoms with Gasteiger partial charge in [0.05, 0.1) is 19.9 Å². The zero-order valence-corrected chi connectivity index (χ0v) is 20.7. The molecule has 35 heavy (non-hydrogen) atoms. The van der Waals surface area contributed by atoms with Gasteiger partial charge in [-0.05, 0) is 57.3 Å². The van der Waals surface area contributed by atoms with Gasteiger partial charge in [0.15, 0.2) is 17.1 Å². The highest BCUT2D eigenvalue weighted by Gasteiger charge is 2.37. The highest BCUT2D eigenvalue weighted by atomic mass is 16.6. The summed E-state index contributed by atoms with van der Waals surface area (Å²) in [6.07, 6.45) is 9.58. The summed E-state index contributed by atoms with van der Waals surface area (Å²) in [6.45, 7) is 1.44. The Balaban J connectivity index is 1.63. The first-order valence-corrected chi connectivity index (χ1v) is 11.9. The SMILES string of the molecule is C#CC1(ON=C2c3cc(OC)c(OC)cc3-c3[nH]c4ccc(OCCN(C)C)cc4c32)CCCC1. The number of rotatable bonds is 8. The maximum Gasteiger partial charge on any atom is 0.197 e. The standard InChI is InChI=1S/C28H31N3O4/c1-6-28(11-7-8-12-28)35-30-27-20-17-24(33-5)23(32-4)16-19(20)26-25(27)21-15-18(9-10-22(21)29-26)34-14-13-31(2)3/h1,9-10,15-17,29H,7-8,11-14H2,2-5H3. The van der Waals surface area contributed by atoms with E-state index < -0.39 is 5.60 Å². The average Bonchev–Trinajstić information content (AvgIpc) is 3.55. The Labute approximate surface area is 206 Å². The molecular formula is C28H31N3O4. The van der Waals surface area contributed by atoms with Crippen LogP contribution in [-0.4, -0.2) is 62.7 Å². The van der Waals surface area contributed by atoms with Crippen LogP contribution in [0, 0.1) is 12.3 Å². The minimum atomic E-state index is -0.654. The molecule has 0 aliphatic heterocycles. The number of hydrogen-bond donors (Lipinski definition) is 1. The van der Waals surface area contributed by atoms with Crippen molar-refractivity contribution in [1.29, 1.82) is 0 Å². The second-order valence-electron chi connectivity index (χ2n) is 9.36. The van der Waals surface area contributed by atoms with Gasteiger partial charge in [-0.1, -0.05) is 11.1 Å². The molecule has 0 spiro atoms. The van der Waals surface area contributed by atoms with Crippen molar-refractivity contribution in [1.82, 2.24) is 9.88 Å². The third-order valence-corrected chi connectivity index (χ3v) is 6.85. The molecule has 1 fully saturated rings. The van der Waals surface area contributed by atoms with Gasteiger partial charge in [-0.2, -0.15) is 0 Å². The summed E-state index contributed by atoms with van der Waals surface area (Å²) < 4.78 is 17.2. The van der Waals surface area contributed by atoms with E-state index in [4.69, 9.17) is 30.6 Å². The number of ether oxygens (including phenoxy) is 3. The molecule has 1 aromatic heterocycles. The highest BCUT2D eigenvalue weighted by Crippen LogP contribution is 2.46. The summed E-state index contributed by atoms with van der Waals surface area (Å²) in [5.74, 6) is 4.95. The minimum Gasteiger partial charge on any atom is -0.493 e. The molecule has 3 aromatic rings. The van der Waals surface area contributed by atoms with Gasteiger partial charge in [-0.3, -0.25) is 0 Å². The first kappa shape index (κ1) is 23.1. The number of terminal acetylenes is 1. The predicted octanol–water partition coefficient (Wildman–Crippen LogP) is 4.82. The number of oxime groups is 1. The van der Waals surface area contributed by atoms with Crippen molar-refractivity contribution in [3.05, 3.63) is 41.5 Å². The topological polar surface area (TPSA) is 68.3 Å². The number of benzene rings is 2. The second-order valence-corrected chi connectivity index (χ2v) is 9.36. The normalized spacial score (nSPS) is 16.9. The zero-order valence-electron chi connectivity index (χ0n) is 20.7. The second kappa shape index (κ2) is 9.20. The number of nitrogens with zero attached hydrogens (tertiary/aromatic N) is 2. The molecule has 2 aliphatic carbocycles. The van der Waals surface area contributed by atoms with Crippen molar-refractivity contribution >= 4 is 16.6 Å². The number of aromatic nitrogens is 1. The quantitative estimate of drug-likeness (QED) is 0.294. The first-order chi connectivity index (χ1) is 17.0. The van der Waals surface area contributed by atoms with Gasteiger partial charge >= 0.3 is 0 Å². The van der Waals surface area contributed by atoms with Gasteiger partial charge in [0.1, 0.15) is 18.1 Å². The molecule has 182 valence electrons. The maximum absolute atomic E-state index is 6.14. The van der Waals surface area contributed by atoms with Crippen LogP contribution >= 0.6 is 0 Å². The van der Waals surface area contributed by atoms with Crippen LogP contribution in [0.25, 0.3) is 22.2 Å². The number of hydrogen-bond acceptors (Lipinski definition) is 6. The molecule has 1 saturated carbocycles. The van der Waals surface area contributed by atoms with Gasteiger partial charge < -0.3 is 28.9 Å². The lowest BCUT2D eigenvalue weighted by Gasteiger charge is -2.20. The largest absolute Gasteiger partial charge is 0.493 e. The molecule has 2 aromatic carbocycles. The zero-order chi connectivity index (χ0) is 24.6. The molecule has 7 heteroatoms. The van der Waals surface area contributed by atoms with Gasteiger partial charge in [0.2, 0.25) is 0 Å².